The molecule has 1 aromatic rings. The van der Waals surface area contributed by atoms with Crippen molar-refractivity contribution in [1.29, 1.82) is 0 Å². The van der Waals surface area contributed by atoms with Crippen LogP contribution < -0.4 is 5.32 Å². The Morgan fingerprint density at radius 1 is 1.73 bits per heavy atom. The van der Waals surface area contributed by atoms with Gasteiger partial charge < -0.3 is 5.32 Å². The summed E-state index contributed by atoms with van der Waals surface area (Å²) >= 11 is 1.54. The van der Waals surface area contributed by atoms with Crippen LogP contribution in [0.25, 0.3) is 0 Å². The highest BCUT2D eigenvalue weighted by Gasteiger charge is 2.02. The summed E-state index contributed by atoms with van der Waals surface area (Å²) in [4.78, 5) is 11.2. The molecule has 1 rings (SSSR count). The maximum absolute atomic E-state index is 11.2. The maximum Gasteiger partial charge on any atom is 0.252 e. The van der Waals surface area contributed by atoms with E-state index in [2.05, 4.69) is 5.32 Å². The van der Waals surface area contributed by atoms with E-state index in [1.807, 2.05) is 23.8 Å². The zero-order valence-corrected chi connectivity index (χ0v) is 7.28. The third-order valence-corrected chi connectivity index (χ3v) is 2.00. The Morgan fingerprint density at radius 2 is 2.55 bits per heavy atom. The Kier molecular flexibility index (Phi) is 3.11. The van der Waals surface area contributed by atoms with Crippen LogP contribution in [0.1, 0.15) is 23.7 Å². The summed E-state index contributed by atoms with van der Waals surface area (Å²) in [5.41, 5.74) is 0.767. The third kappa shape index (κ3) is 2.35. The Bertz CT molecular complexity index is 218. The van der Waals surface area contributed by atoms with Crippen LogP contribution in [-0.2, 0) is 0 Å². The summed E-state index contributed by atoms with van der Waals surface area (Å²) in [7, 11) is 0. The van der Waals surface area contributed by atoms with E-state index in [-0.39, 0.29) is 5.91 Å². The zero-order valence-electron chi connectivity index (χ0n) is 6.46. The van der Waals surface area contributed by atoms with Gasteiger partial charge in [0.15, 0.2) is 0 Å². The number of carbonyl (C=O) groups excluding carboxylic acids is 1. The molecule has 1 aromatic heterocycles. The summed E-state index contributed by atoms with van der Waals surface area (Å²) in [6, 6.07) is 1.83. The van der Waals surface area contributed by atoms with Crippen LogP contribution in [0.3, 0.4) is 0 Å². The van der Waals surface area contributed by atoms with Gasteiger partial charge in [0.1, 0.15) is 0 Å². The van der Waals surface area contributed by atoms with Gasteiger partial charge in [0.05, 0.1) is 0 Å². The molecule has 0 aliphatic rings. The van der Waals surface area contributed by atoms with Crippen molar-refractivity contribution in [3.63, 3.8) is 0 Å². The van der Waals surface area contributed by atoms with Gasteiger partial charge in [-0.2, -0.15) is 11.3 Å². The standard InChI is InChI=1S/C8H11NOS/c1-2-4-9-8(10)7-3-5-11-6-7/h3,5-6H,2,4H2,1H3,(H,9,10). The van der Waals surface area contributed by atoms with Crippen molar-refractivity contribution >= 4 is 17.2 Å². The second-order valence-corrected chi connectivity index (χ2v) is 3.05. The predicted octanol–water partition coefficient (Wildman–Crippen LogP) is 1.89. The first-order valence-electron chi connectivity index (χ1n) is 3.65. The lowest BCUT2D eigenvalue weighted by Crippen LogP contribution is -2.23. The minimum atomic E-state index is 0.0353. The fourth-order valence-corrected chi connectivity index (χ4v) is 1.37. The molecule has 0 radical (unpaired) electrons. The molecule has 0 unspecified atom stereocenters. The zero-order chi connectivity index (χ0) is 8.10. The molecule has 1 heterocycles. The molecule has 60 valence electrons. The van der Waals surface area contributed by atoms with Gasteiger partial charge in [0, 0.05) is 17.5 Å². The Morgan fingerprint density at radius 3 is 3.09 bits per heavy atom. The molecule has 0 atom stereocenters. The summed E-state index contributed by atoms with van der Waals surface area (Å²) in [5.74, 6) is 0.0353. The molecular formula is C8H11NOS. The quantitative estimate of drug-likeness (QED) is 0.735. The second kappa shape index (κ2) is 4.13. The van der Waals surface area contributed by atoms with E-state index in [0.717, 1.165) is 18.5 Å². The SMILES string of the molecule is CCCNC(=O)c1ccsc1. The van der Waals surface area contributed by atoms with Crippen LogP contribution in [0.15, 0.2) is 16.8 Å². The molecule has 0 aliphatic carbocycles. The number of nitrogens with one attached hydrogen (secondary N) is 1. The van der Waals surface area contributed by atoms with Crippen molar-refractivity contribution in [3.05, 3.63) is 22.4 Å². The van der Waals surface area contributed by atoms with Crippen LogP contribution >= 0.6 is 11.3 Å². The summed E-state index contributed by atoms with van der Waals surface area (Å²) in [6.45, 7) is 2.79. The summed E-state index contributed by atoms with van der Waals surface area (Å²) in [6.07, 6.45) is 0.982. The van der Waals surface area contributed by atoms with E-state index in [0.29, 0.717) is 0 Å². The maximum atomic E-state index is 11.2. The predicted molar refractivity (Wildman–Crippen MR) is 46.9 cm³/mol. The highest BCUT2D eigenvalue weighted by Crippen LogP contribution is 2.04. The van der Waals surface area contributed by atoms with Gasteiger partial charge in [0.25, 0.3) is 5.91 Å². The molecule has 0 aromatic carbocycles. The van der Waals surface area contributed by atoms with Crippen LogP contribution in [0, 0.1) is 0 Å². The number of carbonyl (C=O) groups is 1. The molecule has 11 heavy (non-hydrogen) atoms. The lowest BCUT2D eigenvalue weighted by molar-refractivity contribution is 0.0954. The number of amides is 1. The minimum absolute atomic E-state index is 0.0353. The van der Waals surface area contributed by atoms with E-state index in [4.69, 9.17) is 0 Å². The number of thiophene rings is 1. The number of hydrogen-bond acceptors (Lipinski definition) is 2. The summed E-state index contributed by atoms with van der Waals surface area (Å²) < 4.78 is 0. The Labute approximate surface area is 70.2 Å². The van der Waals surface area contributed by atoms with Crippen molar-refractivity contribution in [1.82, 2.24) is 5.32 Å². The number of hydrogen-bond donors (Lipinski definition) is 1. The Balaban J connectivity index is 2.43. The van der Waals surface area contributed by atoms with E-state index < -0.39 is 0 Å². The first-order valence-corrected chi connectivity index (χ1v) is 4.59. The van der Waals surface area contributed by atoms with E-state index in [1.54, 1.807) is 11.3 Å². The molecule has 2 nitrogen and oxygen atoms in total. The van der Waals surface area contributed by atoms with Gasteiger partial charge in [0.2, 0.25) is 0 Å². The highest BCUT2D eigenvalue weighted by atomic mass is 32.1. The van der Waals surface area contributed by atoms with Crippen molar-refractivity contribution in [2.45, 2.75) is 13.3 Å². The Hall–Kier alpha value is -0.830. The lowest BCUT2D eigenvalue weighted by Gasteiger charge is -1.98. The molecule has 1 amide bonds. The highest BCUT2D eigenvalue weighted by molar-refractivity contribution is 7.08. The van der Waals surface area contributed by atoms with Crippen molar-refractivity contribution in [2.75, 3.05) is 6.54 Å². The van der Waals surface area contributed by atoms with E-state index in [1.165, 1.54) is 0 Å². The molecule has 0 aliphatic heterocycles. The largest absolute Gasteiger partial charge is 0.352 e. The molecular weight excluding hydrogens is 158 g/mol. The molecule has 0 fully saturated rings. The van der Waals surface area contributed by atoms with E-state index in [9.17, 15) is 4.79 Å². The minimum Gasteiger partial charge on any atom is -0.352 e. The van der Waals surface area contributed by atoms with E-state index >= 15 is 0 Å². The smallest absolute Gasteiger partial charge is 0.252 e. The molecule has 3 heteroatoms. The topological polar surface area (TPSA) is 29.1 Å². The lowest BCUT2D eigenvalue weighted by atomic mass is 10.3. The molecule has 0 saturated heterocycles. The van der Waals surface area contributed by atoms with Gasteiger partial charge in [-0.05, 0) is 17.9 Å². The molecule has 1 N–H and O–H groups in total. The van der Waals surface area contributed by atoms with Crippen LogP contribution in [0.2, 0.25) is 0 Å². The van der Waals surface area contributed by atoms with Crippen LogP contribution in [0.5, 0.6) is 0 Å². The van der Waals surface area contributed by atoms with Crippen molar-refractivity contribution < 1.29 is 4.79 Å². The van der Waals surface area contributed by atoms with Crippen molar-refractivity contribution in [2.24, 2.45) is 0 Å². The van der Waals surface area contributed by atoms with Crippen LogP contribution in [0.4, 0.5) is 0 Å². The average molecular weight is 169 g/mol. The van der Waals surface area contributed by atoms with Gasteiger partial charge in [-0.15, -0.1) is 0 Å². The molecule has 0 saturated carbocycles. The van der Waals surface area contributed by atoms with Crippen molar-refractivity contribution in [3.8, 4) is 0 Å². The fourth-order valence-electron chi connectivity index (χ4n) is 0.734. The van der Waals surface area contributed by atoms with Gasteiger partial charge in [-0.3, -0.25) is 4.79 Å². The average Bonchev–Trinajstić information content (AvgIpc) is 2.52. The normalized spacial score (nSPS) is 9.55. The van der Waals surface area contributed by atoms with Gasteiger partial charge in [-0.25, -0.2) is 0 Å². The first-order chi connectivity index (χ1) is 5.34. The fraction of sp³-hybridized carbons (Fsp3) is 0.375. The number of rotatable bonds is 3. The molecule has 0 bridgehead atoms. The third-order valence-electron chi connectivity index (χ3n) is 1.32. The summed E-state index contributed by atoms with van der Waals surface area (Å²) in [5, 5.41) is 6.56. The monoisotopic (exact) mass is 169 g/mol. The van der Waals surface area contributed by atoms with Gasteiger partial charge >= 0.3 is 0 Å². The first kappa shape index (κ1) is 8.27. The van der Waals surface area contributed by atoms with Crippen LogP contribution in [-0.4, -0.2) is 12.5 Å². The second-order valence-electron chi connectivity index (χ2n) is 2.27. The molecule has 0 spiro atoms. The van der Waals surface area contributed by atoms with Gasteiger partial charge in [-0.1, -0.05) is 6.92 Å².